The highest BCUT2D eigenvalue weighted by Gasteiger charge is 2.25. The Labute approximate surface area is 124 Å². The van der Waals surface area contributed by atoms with E-state index in [1.807, 2.05) is 26.0 Å². The van der Waals surface area contributed by atoms with Crippen LogP contribution >= 0.6 is 15.9 Å². The molecule has 0 aromatic heterocycles. The van der Waals surface area contributed by atoms with E-state index in [1.165, 1.54) is 0 Å². The third kappa shape index (κ3) is 3.80. The Morgan fingerprint density at radius 1 is 1.16 bits per heavy atom. The minimum atomic E-state index is -3.40. The summed E-state index contributed by atoms with van der Waals surface area (Å²) < 4.78 is 27.7. The van der Waals surface area contributed by atoms with E-state index in [2.05, 4.69) is 20.7 Å². The summed E-state index contributed by atoms with van der Waals surface area (Å²) in [4.78, 5) is 0.947. The van der Waals surface area contributed by atoms with Crippen molar-refractivity contribution in [3.8, 4) is 0 Å². The van der Waals surface area contributed by atoms with Crippen molar-refractivity contribution in [3.05, 3.63) is 29.3 Å². The number of nitrogens with one attached hydrogen (secondary N) is 1. The predicted octanol–water partition coefficient (Wildman–Crippen LogP) is 3.29. The van der Waals surface area contributed by atoms with Gasteiger partial charge >= 0.3 is 0 Å². The van der Waals surface area contributed by atoms with Gasteiger partial charge in [-0.1, -0.05) is 28.1 Å². The number of alkyl halides is 1. The fourth-order valence-electron chi connectivity index (χ4n) is 2.45. The third-order valence-corrected chi connectivity index (χ3v) is 6.19. The lowest BCUT2D eigenvalue weighted by Gasteiger charge is -2.26. The van der Waals surface area contributed by atoms with Crippen molar-refractivity contribution in [1.82, 2.24) is 4.72 Å². The Bertz CT molecular complexity index is 549. The molecule has 1 aromatic carbocycles. The molecular weight excluding hydrogens is 326 g/mol. The summed E-state index contributed by atoms with van der Waals surface area (Å²) in [5, 5.41) is 0. The van der Waals surface area contributed by atoms with Crippen molar-refractivity contribution < 1.29 is 8.42 Å². The molecule has 106 valence electrons. The number of aryl methyl sites for hydroxylation is 2. The molecule has 0 unspecified atom stereocenters. The van der Waals surface area contributed by atoms with Gasteiger partial charge in [0.1, 0.15) is 0 Å². The van der Waals surface area contributed by atoms with E-state index in [9.17, 15) is 8.42 Å². The normalized spacial score (nSPS) is 24.4. The molecule has 0 spiro atoms. The summed E-state index contributed by atoms with van der Waals surface area (Å²) >= 11 is 3.58. The second-order valence-electron chi connectivity index (χ2n) is 5.34. The molecule has 1 N–H and O–H groups in total. The first-order valence-corrected chi connectivity index (χ1v) is 9.02. The van der Waals surface area contributed by atoms with Crippen LogP contribution in [0, 0.1) is 13.8 Å². The first kappa shape index (κ1) is 15.0. The highest BCUT2D eigenvalue weighted by atomic mass is 79.9. The molecule has 0 amide bonds. The summed E-state index contributed by atoms with van der Waals surface area (Å²) in [6.07, 6.45) is 3.86. The first-order valence-electron chi connectivity index (χ1n) is 6.62. The van der Waals surface area contributed by atoms with Crippen LogP contribution in [0.25, 0.3) is 0 Å². The molecule has 2 rings (SSSR count). The smallest absolute Gasteiger partial charge is 0.208 e. The van der Waals surface area contributed by atoms with Gasteiger partial charge in [-0.2, -0.15) is 0 Å². The fourth-order valence-corrected chi connectivity index (χ4v) is 4.61. The van der Waals surface area contributed by atoms with E-state index in [4.69, 9.17) is 0 Å². The van der Waals surface area contributed by atoms with Gasteiger partial charge in [-0.3, -0.25) is 0 Å². The van der Waals surface area contributed by atoms with Crippen molar-refractivity contribution in [1.29, 1.82) is 0 Å². The van der Waals surface area contributed by atoms with E-state index in [1.54, 1.807) is 6.07 Å². The Morgan fingerprint density at radius 2 is 1.79 bits per heavy atom. The van der Waals surface area contributed by atoms with Crippen LogP contribution < -0.4 is 4.72 Å². The van der Waals surface area contributed by atoms with Crippen molar-refractivity contribution in [2.75, 3.05) is 0 Å². The average Bonchev–Trinajstić information content (AvgIpc) is 2.35. The Kier molecular flexibility index (Phi) is 4.69. The second-order valence-corrected chi connectivity index (χ2v) is 8.32. The van der Waals surface area contributed by atoms with Gasteiger partial charge in [-0.05, 0) is 56.7 Å². The first-order chi connectivity index (χ1) is 8.88. The summed E-state index contributed by atoms with van der Waals surface area (Å²) in [6, 6.07) is 5.61. The van der Waals surface area contributed by atoms with Gasteiger partial charge in [0.15, 0.2) is 0 Å². The van der Waals surface area contributed by atoms with Crippen LogP contribution in [0.3, 0.4) is 0 Å². The highest BCUT2D eigenvalue weighted by Crippen LogP contribution is 2.26. The van der Waals surface area contributed by atoms with E-state index in [0.29, 0.717) is 9.72 Å². The lowest BCUT2D eigenvalue weighted by molar-refractivity contribution is 0.422. The van der Waals surface area contributed by atoms with Crippen LogP contribution in [0.5, 0.6) is 0 Å². The zero-order chi connectivity index (χ0) is 14.0. The van der Waals surface area contributed by atoms with Gasteiger partial charge in [0.05, 0.1) is 4.90 Å². The molecule has 1 saturated carbocycles. The molecule has 0 atom stereocenters. The number of halogens is 1. The topological polar surface area (TPSA) is 46.2 Å². The van der Waals surface area contributed by atoms with Crippen molar-refractivity contribution in [2.24, 2.45) is 0 Å². The van der Waals surface area contributed by atoms with Crippen LogP contribution in [0.15, 0.2) is 23.1 Å². The zero-order valence-corrected chi connectivity index (χ0v) is 13.7. The number of hydrogen-bond donors (Lipinski definition) is 1. The predicted molar refractivity (Wildman–Crippen MR) is 81.2 cm³/mol. The minimum Gasteiger partial charge on any atom is -0.208 e. The molecule has 0 heterocycles. The van der Waals surface area contributed by atoms with Crippen LogP contribution in [0.2, 0.25) is 0 Å². The van der Waals surface area contributed by atoms with Crippen LogP contribution in [0.4, 0.5) is 0 Å². The minimum absolute atomic E-state index is 0.0683. The maximum Gasteiger partial charge on any atom is 0.241 e. The lowest BCUT2D eigenvalue weighted by atomic mass is 9.96. The summed E-state index contributed by atoms with van der Waals surface area (Å²) in [5.41, 5.74) is 1.77. The van der Waals surface area contributed by atoms with Crippen LogP contribution in [-0.4, -0.2) is 19.3 Å². The monoisotopic (exact) mass is 345 g/mol. The van der Waals surface area contributed by atoms with Gasteiger partial charge in [0.25, 0.3) is 0 Å². The molecule has 0 saturated heterocycles. The third-order valence-electron chi connectivity index (χ3n) is 3.61. The number of rotatable bonds is 3. The van der Waals surface area contributed by atoms with E-state index < -0.39 is 10.0 Å². The van der Waals surface area contributed by atoms with E-state index >= 15 is 0 Å². The molecular formula is C14H20BrNO2S. The summed E-state index contributed by atoms with van der Waals surface area (Å²) in [5.74, 6) is 0. The SMILES string of the molecule is Cc1ccc(C)c(S(=O)(=O)NC2CCC(Br)CC2)c1. The molecule has 5 heteroatoms. The zero-order valence-electron chi connectivity index (χ0n) is 11.3. The summed E-state index contributed by atoms with van der Waals surface area (Å²) in [7, 11) is -3.40. The molecule has 0 aliphatic heterocycles. The number of benzene rings is 1. The lowest BCUT2D eigenvalue weighted by Crippen LogP contribution is -2.38. The molecule has 0 radical (unpaired) electrons. The fraction of sp³-hybridized carbons (Fsp3) is 0.571. The average molecular weight is 346 g/mol. The van der Waals surface area contributed by atoms with Gasteiger partial charge in [-0.25, -0.2) is 13.1 Å². The Morgan fingerprint density at radius 3 is 2.42 bits per heavy atom. The van der Waals surface area contributed by atoms with Gasteiger partial charge in [-0.15, -0.1) is 0 Å². The maximum absolute atomic E-state index is 12.4. The molecule has 1 fully saturated rings. The molecule has 3 nitrogen and oxygen atoms in total. The van der Waals surface area contributed by atoms with Crippen LogP contribution in [0.1, 0.15) is 36.8 Å². The Hall–Kier alpha value is -0.390. The summed E-state index contributed by atoms with van der Waals surface area (Å²) in [6.45, 7) is 3.75. The van der Waals surface area contributed by atoms with Crippen molar-refractivity contribution in [2.45, 2.75) is 55.3 Å². The van der Waals surface area contributed by atoms with E-state index in [-0.39, 0.29) is 6.04 Å². The molecule has 0 bridgehead atoms. The van der Waals surface area contributed by atoms with Crippen molar-refractivity contribution in [3.63, 3.8) is 0 Å². The highest BCUT2D eigenvalue weighted by molar-refractivity contribution is 9.09. The largest absolute Gasteiger partial charge is 0.241 e. The number of sulfonamides is 1. The molecule has 1 aromatic rings. The number of hydrogen-bond acceptors (Lipinski definition) is 2. The maximum atomic E-state index is 12.4. The van der Waals surface area contributed by atoms with Gasteiger partial charge in [0.2, 0.25) is 10.0 Å². The Balaban J connectivity index is 2.16. The van der Waals surface area contributed by atoms with Gasteiger partial charge < -0.3 is 0 Å². The quantitative estimate of drug-likeness (QED) is 0.854. The molecule has 1 aliphatic rings. The standard InChI is InChI=1S/C14H20BrNO2S/c1-10-3-4-11(2)14(9-10)19(17,18)16-13-7-5-12(15)6-8-13/h3-4,9,12-13,16H,5-8H2,1-2H3. The van der Waals surface area contributed by atoms with Crippen molar-refractivity contribution >= 4 is 26.0 Å². The second kappa shape index (κ2) is 5.94. The van der Waals surface area contributed by atoms with E-state index in [0.717, 1.165) is 36.8 Å². The molecule has 1 aliphatic carbocycles. The van der Waals surface area contributed by atoms with Gasteiger partial charge in [0, 0.05) is 10.9 Å². The molecule has 19 heavy (non-hydrogen) atoms. The van der Waals surface area contributed by atoms with Crippen LogP contribution in [-0.2, 0) is 10.0 Å².